The minimum atomic E-state index is -4.35. The van der Waals surface area contributed by atoms with Gasteiger partial charge in [0.1, 0.15) is 0 Å². The van der Waals surface area contributed by atoms with Crippen LogP contribution in [0, 0.1) is 17.8 Å². The zero-order valence-electron chi connectivity index (χ0n) is 16.8. The Morgan fingerprint density at radius 3 is 2.45 bits per heavy atom. The van der Waals surface area contributed by atoms with E-state index >= 15 is 0 Å². The molecule has 1 saturated heterocycles. The summed E-state index contributed by atoms with van der Waals surface area (Å²) in [6.07, 6.45) is 4.69. The van der Waals surface area contributed by atoms with E-state index in [-0.39, 0.29) is 24.3 Å². The van der Waals surface area contributed by atoms with Gasteiger partial charge >= 0.3 is 12.1 Å². The lowest BCUT2D eigenvalue weighted by atomic mass is 9.78. The van der Waals surface area contributed by atoms with Gasteiger partial charge in [0.05, 0.1) is 5.56 Å². The third-order valence-electron chi connectivity index (χ3n) is 6.07. The number of piperidine rings is 1. The van der Waals surface area contributed by atoms with E-state index in [1.165, 1.54) is 17.7 Å². The van der Waals surface area contributed by atoms with Gasteiger partial charge in [-0.05, 0) is 60.9 Å². The summed E-state index contributed by atoms with van der Waals surface area (Å²) >= 11 is 0. The van der Waals surface area contributed by atoms with E-state index in [9.17, 15) is 23.1 Å². The fraction of sp³-hybridized carbons (Fsp3) is 0.522. The van der Waals surface area contributed by atoms with Crippen molar-refractivity contribution in [2.75, 3.05) is 11.4 Å². The topological polar surface area (TPSA) is 40.5 Å². The number of alkyl halides is 3. The van der Waals surface area contributed by atoms with Gasteiger partial charge in [-0.3, -0.25) is 4.79 Å². The number of carbonyl (C=O) groups is 1. The molecule has 0 saturated carbocycles. The van der Waals surface area contributed by atoms with Crippen molar-refractivity contribution in [3.63, 3.8) is 0 Å². The summed E-state index contributed by atoms with van der Waals surface area (Å²) in [5, 5.41) is 9.20. The summed E-state index contributed by atoms with van der Waals surface area (Å²) in [6, 6.07) is 5.41. The van der Waals surface area contributed by atoms with Crippen LogP contribution in [0.5, 0.6) is 0 Å². The highest BCUT2D eigenvalue weighted by Crippen LogP contribution is 2.38. The first-order valence-corrected chi connectivity index (χ1v) is 10.2. The molecule has 0 radical (unpaired) electrons. The predicted molar refractivity (Wildman–Crippen MR) is 108 cm³/mol. The van der Waals surface area contributed by atoms with E-state index < -0.39 is 17.7 Å². The van der Waals surface area contributed by atoms with E-state index in [4.69, 9.17) is 0 Å². The van der Waals surface area contributed by atoms with Gasteiger partial charge in [0, 0.05) is 30.6 Å². The molecule has 0 spiro atoms. The van der Waals surface area contributed by atoms with E-state index in [2.05, 4.69) is 37.0 Å². The number of hydrogen-bond acceptors (Lipinski definition) is 2. The van der Waals surface area contributed by atoms with Crippen LogP contribution in [0.2, 0.25) is 0 Å². The molecule has 0 amide bonds. The molecule has 1 heterocycles. The molecule has 0 aromatic heterocycles. The number of hydrogen-bond donors (Lipinski definition) is 1. The first-order chi connectivity index (χ1) is 13.6. The van der Waals surface area contributed by atoms with Crippen LogP contribution in [0.4, 0.5) is 18.9 Å². The maximum Gasteiger partial charge on any atom is 0.416 e. The Balaban J connectivity index is 1.83. The third kappa shape index (κ3) is 5.22. The van der Waals surface area contributed by atoms with Crippen LogP contribution in [0.25, 0.3) is 0 Å². The van der Waals surface area contributed by atoms with Crippen LogP contribution in [-0.2, 0) is 11.0 Å². The van der Waals surface area contributed by atoms with E-state index in [1.807, 2.05) is 0 Å². The maximum atomic E-state index is 12.9. The van der Waals surface area contributed by atoms with Gasteiger partial charge < -0.3 is 10.0 Å². The second-order valence-corrected chi connectivity index (χ2v) is 8.41. The Morgan fingerprint density at radius 1 is 1.24 bits per heavy atom. The molecule has 3 atom stereocenters. The number of halogens is 3. The molecule has 29 heavy (non-hydrogen) atoms. The van der Waals surface area contributed by atoms with Crippen molar-refractivity contribution in [3.05, 3.63) is 53.6 Å². The SMILES string of the molecule is CC(C)C1=CCC([C@H]2C[C@@H](CC(=O)O)CCN2c2ccc(C(F)(F)F)cc2)C=C1. The first-order valence-electron chi connectivity index (χ1n) is 10.2. The molecule has 6 heteroatoms. The molecule has 1 aromatic carbocycles. The summed E-state index contributed by atoms with van der Waals surface area (Å²) in [5.74, 6) is -0.0364. The second kappa shape index (κ2) is 8.64. The molecule has 1 aromatic rings. The largest absolute Gasteiger partial charge is 0.481 e. The van der Waals surface area contributed by atoms with Crippen LogP contribution in [-0.4, -0.2) is 23.7 Å². The Hall–Kier alpha value is -2.24. The van der Waals surface area contributed by atoms with Gasteiger partial charge in [-0.2, -0.15) is 13.2 Å². The lowest BCUT2D eigenvalue weighted by Gasteiger charge is -2.44. The minimum absolute atomic E-state index is 0.0750. The molecule has 3 rings (SSSR count). The average Bonchev–Trinajstić information content (AvgIpc) is 2.67. The zero-order valence-corrected chi connectivity index (χ0v) is 16.8. The minimum Gasteiger partial charge on any atom is -0.481 e. The molecule has 2 aliphatic rings. The van der Waals surface area contributed by atoms with E-state index in [0.29, 0.717) is 12.5 Å². The fourth-order valence-corrected chi connectivity index (χ4v) is 4.44. The quantitative estimate of drug-likeness (QED) is 0.658. The lowest BCUT2D eigenvalue weighted by Crippen LogP contribution is -2.47. The summed E-state index contributed by atoms with van der Waals surface area (Å²) in [4.78, 5) is 13.4. The van der Waals surface area contributed by atoms with Gasteiger partial charge in [0.15, 0.2) is 0 Å². The van der Waals surface area contributed by atoms with Crippen LogP contribution < -0.4 is 4.90 Å². The summed E-state index contributed by atoms with van der Waals surface area (Å²) in [7, 11) is 0. The summed E-state index contributed by atoms with van der Waals surface area (Å²) in [6.45, 7) is 4.95. The number of carboxylic acid groups (broad SMARTS) is 1. The fourth-order valence-electron chi connectivity index (χ4n) is 4.44. The number of aliphatic carboxylic acids is 1. The number of allylic oxidation sites excluding steroid dienone is 3. The van der Waals surface area contributed by atoms with Crippen LogP contribution in [0.1, 0.15) is 45.1 Å². The monoisotopic (exact) mass is 407 g/mol. The van der Waals surface area contributed by atoms with Gasteiger partial charge in [-0.1, -0.05) is 32.1 Å². The Labute approximate surface area is 169 Å². The number of anilines is 1. The standard InChI is InChI=1S/C23H28F3NO2/c1-15(2)17-3-5-18(6-4-17)21-13-16(14-22(28)29)11-12-27(21)20-9-7-19(8-10-20)23(24,25)26/h3-5,7-10,15-16,18,21H,6,11-14H2,1-2H3,(H,28,29)/t16-,18?,21+/m0/s1. The van der Waals surface area contributed by atoms with Crippen LogP contribution >= 0.6 is 0 Å². The molecule has 0 bridgehead atoms. The smallest absolute Gasteiger partial charge is 0.416 e. The van der Waals surface area contributed by atoms with Crippen molar-refractivity contribution in [2.24, 2.45) is 17.8 Å². The lowest BCUT2D eigenvalue weighted by molar-refractivity contribution is -0.138. The zero-order chi connectivity index (χ0) is 21.2. The first kappa shape index (κ1) is 21.5. The highest BCUT2D eigenvalue weighted by molar-refractivity contribution is 5.67. The van der Waals surface area contributed by atoms with Crippen molar-refractivity contribution in [1.29, 1.82) is 0 Å². The average molecular weight is 407 g/mol. The number of carboxylic acids is 1. The maximum absolute atomic E-state index is 12.9. The van der Waals surface area contributed by atoms with Crippen molar-refractivity contribution < 1.29 is 23.1 Å². The van der Waals surface area contributed by atoms with Crippen molar-refractivity contribution in [1.82, 2.24) is 0 Å². The Kier molecular flexibility index (Phi) is 6.39. The second-order valence-electron chi connectivity index (χ2n) is 8.41. The molecule has 1 aliphatic heterocycles. The summed E-state index contributed by atoms with van der Waals surface area (Å²) in [5.41, 5.74) is 1.41. The van der Waals surface area contributed by atoms with Gasteiger partial charge in [-0.25, -0.2) is 0 Å². The number of nitrogens with zero attached hydrogens (tertiary/aromatic N) is 1. The van der Waals surface area contributed by atoms with Gasteiger partial charge in [0.2, 0.25) is 0 Å². The van der Waals surface area contributed by atoms with Crippen molar-refractivity contribution in [3.8, 4) is 0 Å². The van der Waals surface area contributed by atoms with E-state index in [0.717, 1.165) is 37.1 Å². The normalized spacial score (nSPS) is 25.2. The number of benzene rings is 1. The highest BCUT2D eigenvalue weighted by Gasteiger charge is 2.35. The highest BCUT2D eigenvalue weighted by atomic mass is 19.4. The molecule has 158 valence electrons. The van der Waals surface area contributed by atoms with E-state index in [1.54, 1.807) is 0 Å². The van der Waals surface area contributed by atoms with Gasteiger partial charge in [-0.15, -0.1) is 0 Å². The summed E-state index contributed by atoms with van der Waals surface area (Å²) < 4.78 is 38.8. The van der Waals surface area contributed by atoms with Crippen molar-refractivity contribution >= 4 is 11.7 Å². The molecular weight excluding hydrogens is 379 g/mol. The van der Waals surface area contributed by atoms with Gasteiger partial charge in [0.25, 0.3) is 0 Å². The number of rotatable bonds is 5. The molecule has 1 unspecified atom stereocenters. The van der Waals surface area contributed by atoms with Crippen LogP contribution in [0.15, 0.2) is 48.1 Å². The predicted octanol–water partition coefficient (Wildman–Crippen LogP) is 5.92. The molecule has 1 N–H and O–H groups in total. The molecule has 3 nitrogen and oxygen atoms in total. The molecular formula is C23H28F3NO2. The Bertz CT molecular complexity index is 780. The van der Waals surface area contributed by atoms with Crippen molar-refractivity contribution in [2.45, 2.75) is 51.7 Å². The molecule has 1 fully saturated rings. The Morgan fingerprint density at radius 2 is 1.93 bits per heavy atom. The molecule has 1 aliphatic carbocycles. The van der Waals surface area contributed by atoms with Crippen LogP contribution in [0.3, 0.4) is 0 Å². The third-order valence-corrected chi connectivity index (χ3v) is 6.07.